The fourth-order valence-corrected chi connectivity index (χ4v) is 4.38. The summed E-state index contributed by atoms with van der Waals surface area (Å²) in [6, 6.07) is 3.53. The smallest absolute Gasteiger partial charge is 0.287 e. The van der Waals surface area contributed by atoms with E-state index < -0.39 is 0 Å². The molecule has 0 atom stereocenters. The summed E-state index contributed by atoms with van der Waals surface area (Å²) >= 11 is 6.56. The third kappa shape index (κ3) is 2.62. The second-order valence-electron chi connectivity index (χ2n) is 6.90. The molecular formula is C20H20ClN3O2. The lowest BCUT2D eigenvalue weighted by atomic mass is 9.74. The van der Waals surface area contributed by atoms with Crippen LogP contribution < -0.4 is 16.0 Å². The number of rotatable bonds is 2. The molecule has 1 saturated carbocycles. The number of benzene rings is 1. The fraction of sp³-hybridized carbons (Fsp3) is 0.350. The highest BCUT2D eigenvalue weighted by Crippen LogP contribution is 2.49. The largest absolute Gasteiger partial charge is 0.450 e. The standard InChI is InChI=1S/C20H20ClN3O2/c1-3-9-22-19(25)15-11-13-10-14(21)17-16(18(13)26-15)20(24-12(2)23-17)7-5-4-6-8-20/h1,10-11,23-24H,2,4-9H2,(H,22,25). The van der Waals surface area contributed by atoms with Crippen LogP contribution in [0.25, 0.3) is 11.0 Å². The van der Waals surface area contributed by atoms with Crippen LogP contribution in [0.4, 0.5) is 5.69 Å². The quantitative estimate of drug-likeness (QED) is 0.697. The van der Waals surface area contributed by atoms with Crippen molar-refractivity contribution in [2.75, 3.05) is 11.9 Å². The Morgan fingerprint density at radius 1 is 1.38 bits per heavy atom. The van der Waals surface area contributed by atoms with Crippen molar-refractivity contribution in [2.24, 2.45) is 0 Å². The Morgan fingerprint density at radius 3 is 2.88 bits per heavy atom. The van der Waals surface area contributed by atoms with Crippen molar-refractivity contribution in [3.8, 4) is 12.3 Å². The molecule has 2 aromatic rings. The van der Waals surface area contributed by atoms with Gasteiger partial charge in [-0.3, -0.25) is 4.79 Å². The van der Waals surface area contributed by atoms with Gasteiger partial charge >= 0.3 is 0 Å². The van der Waals surface area contributed by atoms with Gasteiger partial charge in [0.25, 0.3) is 5.91 Å². The van der Waals surface area contributed by atoms with Gasteiger partial charge in [-0.1, -0.05) is 43.4 Å². The maximum absolute atomic E-state index is 12.3. The van der Waals surface area contributed by atoms with Crippen LogP contribution >= 0.6 is 11.6 Å². The van der Waals surface area contributed by atoms with Crippen molar-refractivity contribution in [3.05, 3.63) is 40.9 Å². The molecule has 3 N–H and O–H groups in total. The van der Waals surface area contributed by atoms with Crippen molar-refractivity contribution in [1.82, 2.24) is 10.6 Å². The molecular weight excluding hydrogens is 350 g/mol. The van der Waals surface area contributed by atoms with Gasteiger partial charge in [-0.2, -0.15) is 0 Å². The molecule has 1 aliphatic heterocycles. The van der Waals surface area contributed by atoms with Crippen LogP contribution in [0.2, 0.25) is 5.02 Å². The average molecular weight is 370 g/mol. The first-order valence-corrected chi connectivity index (χ1v) is 9.14. The number of nitrogens with one attached hydrogen (secondary N) is 3. The number of furan rings is 1. The first-order valence-electron chi connectivity index (χ1n) is 8.76. The maximum Gasteiger partial charge on any atom is 0.287 e. The minimum atomic E-state index is -0.331. The molecule has 1 fully saturated rings. The maximum atomic E-state index is 12.3. The number of carbonyl (C=O) groups is 1. The summed E-state index contributed by atoms with van der Waals surface area (Å²) in [4.78, 5) is 12.3. The van der Waals surface area contributed by atoms with E-state index in [4.69, 9.17) is 22.4 Å². The highest BCUT2D eigenvalue weighted by atomic mass is 35.5. The zero-order valence-electron chi connectivity index (χ0n) is 14.4. The van der Waals surface area contributed by atoms with E-state index in [-0.39, 0.29) is 23.8 Å². The molecule has 1 spiro atoms. The first kappa shape index (κ1) is 16.9. The van der Waals surface area contributed by atoms with E-state index in [9.17, 15) is 4.79 Å². The number of hydrogen-bond donors (Lipinski definition) is 3. The normalized spacial score (nSPS) is 17.9. The van der Waals surface area contributed by atoms with Crippen LogP contribution in [0.1, 0.15) is 48.2 Å². The highest BCUT2D eigenvalue weighted by Gasteiger charge is 2.42. The molecule has 6 heteroatoms. The molecule has 5 nitrogen and oxygen atoms in total. The number of carbonyl (C=O) groups excluding carboxylic acids is 1. The summed E-state index contributed by atoms with van der Waals surface area (Å²) in [6.45, 7) is 4.21. The van der Waals surface area contributed by atoms with E-state index in [2.05, 4.69) is 28.4 Å². The average Bonchev–Trinajstić information content (AvgIpc) is 3.03. The number of amides is 1. The molecule has 26 heavy (non-hydrogen) atoms. The van der Waals surface area contributed by atoms with Crippen molar-refractivity contribution < 1.29 is 9.21 Å². The number of fused-ring (bicyclic) bond motifs is 4. The molecule has 1 aromatic heterocycles. The van der Waals surface area contributed by atoms with Crippen LogP contribution in [0.5, 0.6) is 0 Å². The summed E-state index contributed by atoms with van der Waals surface area (Å²) in [5.74, 6) is 3.02. The van der Waals surface area contributed by atoms with Gasteiger partial charge in [-0.25, -0.2) is 0 Å². The summed E-state index contributed by atoms with van der Waals surface area (Å²) < 4.78 is 5.99. The van der Waals surface area contributed by atoms with Gasteiger partial charge in [0, 0.05) is 10.9 Å². The molecule has 0 radical (unpaired) electrons. The van der Waals surface area contributed by atoms with Crippen molar-refractivity contribution in [3.63, 3.8) is 0 Å². The van der Waals surface area contributed by atoms with Crippen molar-refractivity contribution in [1.29, 1.82) is 0 Å². The van der Waals surface area contributed by atoms with Gasteiger partial charge < -0.3 is 20.4 Å². The van der Waals surface area contributed by atoms with Crippen LogP contribution in [0, 0.1) is 12.3 Å². The minimum Gasteiger partial charge on any atom is -0.450 e. The van der Waals surface area contributed by atoms with E-state index in [0.717, 1.165) is 48.1 Å². The number of hydrogen-bond acceptors (Lipinski definition) is 4. The number of terminal acetylenes is 1. The molecule has 0 bridgehead atoms. The van der Waals surface area contributed by atoms with Crippen LogP contribution in [0.15, 0.2) is 28.9 Å². The zero-order chi connectivity index (χ0) is 18.3. The predicted octanol–water partition coefficient (Wildman–Crippen LogP) is 4.09. The molecule has 2 aliphatic rings. The third-order valence-corrected chi connectivity index (χ3v) is 5.48. The second kappa shape index (κ2) is 6.30. The van der Waals surface area contributed by atoms with E-state index in [1.807, 2.05) is 6.07 Å². The minimum absolute atomic E-state index is 0.154. The van der Waals surface area contributed by atoms with Crippen molar-refractivity contribution in [2.45, 2.75) is 37.6 Å². The van der Waals surface area contributed by atoms with E-state index in [0.29, 0.717) is 10.6 Å². The van der Waals surface area contributed by atoms with Gasteiger partial charge in [0.2, 0.25) is 0 Å². The van der Waals surface area contributed by atoms with Crippen LogP contribution in [-0.2, 0) is 5.54 Å². The summed E-state index contributed by atoms with van der Waals surface area (Å²) in [6.07, 6.45) is 10.6. The number of halogens is 1. The van der Waals surface area contributed by atoms with E-state index >= 15 is 0 Å². The third-order valence-electron chi connectivity index (χ3n) is 5.19. The lowest BCUT2D eigenvalue weighted by Gasteiger charge is -2.44. The monoisotopic (exact) mass is 369 g/mol. The molecule has 1 aliphatic carbocycles. The summed E-state index contributed by atoms with van der Waals surface area (Å²) in [5, 5.41) is 10.8. The van der Waals surface area contributed by atoms with Crippen molar-refractivity contribution >= 4 is 34.2 Å². The Kier molecular flexibility index (Phi) is 4.08. The van der Waals surface area contributed by atoms with Gasteiger partial charge in [0.05, 0.1) is 28.6 Å². The second-order valence-corrected chi connectivity index (χ2v) is 7.30. The predicted molar refractivity (Wildman–Crippen MR) is 103 cm³/mol. The highest BCUT2D eigenvalue weighted by molar-refractivity contribution is 6.34. The Balaban J connectivity index is 1.90. The lowest BCUT2D eigenvalue weighted by molar-refractivity contribution is 0.0933. The summed E-state index contributed by atoms with van der Waals surface area (Å²) in [7, 11) is 0. The lowest BCUT2D eigenvalue weighted by Crippen LogP contribution is -2.48. The SMILES string of the molecule is C#CCNC(=O)c1cc2cc(Cl)c3c(c2o1)C1(CCCCC1)NC(=C)N3. The van der Waals surface area contributed by atoms with E-state index in [1.54, 1.807) is 6.07 Å². The van der Waals surface area contributed by atoms with Gasteiger partial charge in [-0.05, 0) is 25.0 Å². The van der Waals surface area contributed by atoms with Gasteiger partial charge in [0.15, 0.2) is 5.76 Å². The Labute approximate surface area is 157 Å². The molecule has 2 heterocycles. The summed E-state index contributed by atoms with van der Waals surface area (Å²) in [5.41, 5.74) is 2.21. The number of anilines is 1. The van der Waals surface area contributed by atoms with Crippen LogP contribution in [-0.4, -0.2) is 12.5 Å². The molecule has 4 rings (SSSR count). The Morgan fingerprint density at radius 2 is 2.15 bits per heavy atom. The Hall–Kier alpha value is -2.58. The van der Waals surface area contributed by atoms with Gasteiger partial charge in [-0.15, -0.1) is 6.42 Å². The molecule has 1 amide bonds. The topological polar surface area (TPSA) is 66.3 Å². The first-order chi connectivity index (χ1) is 12.5. The van der Waals surface area contributed by atoms with Gasteiger partial charge in [0.1, 0.15) is 5.58 Å². The van der Waals surface area contributed by atoms with E-state index in [1.165, 1.54) is 6.42 Å². The molecule has 1 aromatic carbocycles. The molecule has 0 unspecified atom stereocenters. The zero-order valence-corrected chi connectivity index (χ0v) is 15.1. The molecule has 0 saturated heterocycles. The Bertz CT molecular complexity index is 948. The van der Waals surface area contributed by atoms with Crippen LogP contribution in [0.3, 0.4) is 0 Å². The fourth-order valence-electron chi connectivity index (χ4n) is 4.12. The molecule has 134 valence electrons.